The Balaban J connectivity index is 2.86. The van der Waals surface area contributed by atoms with Gasteiger partial charge in [-0.1, -0.05) is 32.4 Å². The average Bonchev–Trinajstić information content (AvgIpc) is 2.41. The molecule has 6 heteroatoms. The first-order chi connectivity index (χ1) is 10.1. The van der Waals surface area contributed by atoms with Crippen LogP contribution in [0.3, 0.4) is 0 Å². The number of carbonyl (C=O) groups excluding carboxylic acids is 1. The van der Waals surface area contributed by atoms with E-state index in [1.165, 1.54) is 7.11 Å². The van der Waals surface area contributed by atoms with Gasteiger partial charge in [-0.05, 0) is 30.0 Å². The van der Waals surface area contributed by atoms with Crippen molar-refractivity contribution in [3.05, 3.63) is 22.7 Å². The van der Waals surface area contributed by atoms with E-state index in [9.17, 15) is 4.79 Å². The average molecular weight is 329 g/mol. The molecule has 0 aromatic heterocycles. The molecule has 0 aliphatic rings. The first kappa shape index (κ1) is 18.6. The van der Waals surface area contributed by atoms with Crippen LogP contribution in [0.5, 0.6) is 11.5 Å². The lowest BCUT2D eigenvalue weighted by Gasteiger charge is -2.28. The van der Waals surface area contributed by atoms with E-state index in [2.05, 4.69) is 33.0 Å². The third-order valence-corrected chi connectivity index (χ3v) is 3.84. The Labute approximate surface area is 137 Å². The molecule has 22 heavy (non-hydrogen) atoms. The predicted octanol–water partition coefficient (Wildman–Crippen LogP) is 2.74. The summed E-state index contributed by atoms with van der Waals surface area (Å²) in [5.74, 6) is 0.243. The summed E-state index contributed by atoms with van der Waals surface area (Å²) in [5.41, 5.74) is 6.22. The molecule has 0 saturated heterocycles. The highest BCUT2D eigenvalue weighted by Crippen LogP contribution is 2.36. The third-order valence-electron chi connectivity index (χ3n) is 3.56. The van der Waals surface area contributed by atoms with Gasteiger partial charge in [0.05, 0.1) is 12.1 Å². The second-order valence-electron chi connectivity index (χ2n) is 6.33. The van der Waals surface area contributed by atoms with E-state index < -0.39 is 5.91 Å². The minimum atomic E-state index is -0.567. The van der Waals surface area contributed by atoms with E-state index in [0.29, 0.717) is 29.1 Å². The Morgan fingerprint density at radius 3 is 2.55 bits per heavy atom. The third kappa shape index (κ3) is 5.39. The summed E-state index contributed by atoms with van der Waals surface area (Å²) in [7, 11) is 1.53. The van der Waals surface area contributed by atoms with Crippen LogP contribution in [0.4, 0.5) is 0 Å². The second-order valence-corrected chi connectivity index (χ2v) is 6.74. The summed E-state index contributed by atoms with van der Waals surface area (Å²) >= 11 is 6.22. The first-order valence-electron chi connectivity index (χ1n) is 7.16. The van der Waals surface area contributed by atoms with Crippen molar-refractivity contribution >= 4 is 17.5 Å². The number of hydrogen-bond donors (Lipinski definition) is 2. The molecular formula is C16H25ClN2O3. The van der Waals surface area contributed by atoms with Crippen LogP contribution in [0.25, 0.3) is 0 Å². The molecule has 0 aliphatic carbocycles. The van der Waals surface area contributed by atoms with Crippen molar-refractivity contribution < 1.29 is 14.3 Å². The van der Waals surface area contributed by atoms with Gasteiger partial charge in [0.2, 0.25) is 0 Å². The molecule has 1 amide bonds. The highest BCUT2D eigenvalue weighted by molar-refractivity contribution is 6.32. The van der Waals surface area contributed by atoms with E-state index in [-0.39, 0.29) is 12.0 Å². The van der Waals surface area contributed by atoms with Gasteiger partial charge in [-0.25, -0.2) is 0 Å². The predicted molar refractivity (Wildman–Crippen MR) is 88.5 cm³/mol. The van der Waals surface area contributed by atoms with Crippen LogP contribution >= 0.6 is 11.6 Å². The lowest BCUT2D eigenvalue weighted by Crippen LogP contribution is -2.37. The monoisotopic (exact) mass is 328 g/mol. The first-order valence-corrected chi connectivity index (χ1v) is 7.53. The van der Waals surface area contributed by atoms with Gasteiger partial charge < -0.3 is 20.5 Å². The Kier molecular flexibility index (Phi) is 6.50. The van der Waals surface area contributed by atoms with Gasteiger partial charge in [-0.2, -0.15) is 0 Å². The Morgan fingerprint density at radius 1 is 1.41 bits per heavy atom. The molecule has 1 atom stereocenters. The molecule has 0 bridgehead atoms. The summed E-state index contributed by atoms with van der Waals surface area (Å²) in [6.45, 7) is 9.10. The smallest absolute Gasteiger partial charge is 0.255 e. The van der Waals surface area contributed by atoms with Crippen LogP contribution in [0.15, 0.2) is 12.1 Å². The van der Waals surface area contributed by atoms with Crippen molar-refractivity contribution in [3.8, 4) is 11.5 Å². The Hall–Kier alpha value is -1.46. The van der Waals surface area contributed by atoms with Gasteiger partial charge in [0.15, 0.2) is 18.1 Å². The van der Waals surface area contributed by atoms with E-state index in [0.717, 1.165) is 5.56 Å². The fraction of sp³-hybridized carbons (Fsp3) is 0.562. The largest absolute Gasteiger partial charge is 0.493 e. The van der Waals surface area contributed by atoms with Crippen LogP contribution in [-0.2, 0) is 11.3 Å². The van der Waals surface area contributed by atoms with E-state index in [1.54, 1.807) is 6.07 Å². The minimum Gasteiger partial charge on any atom is -0.493 e. The normalized spacial score (nSPS) is 12.8. The Morgan fingerprint density at radius 2 is 2.05 bits per heavy atom. The number of halogens is 1. The number of benzene rings is 1. The molecule has 1 aromatic rings. The molecule has 1 rings (SSSR count). The number of nitrogens with two attached hydrogens (primary N) is 1. The van der Waals surface area contributed by atoms with Crippen molar-refractivity contribution in [3.63, 3.8) is 0 Å². The lowest BCUT2D eigenvalue weighted by molar-refractivity contribution is -0.119. The number of amides is 1. The van der Waals surface area contributed by atoms with Gasteiger partial charge in [-0.3, -0.25) is 4.79 Å². The summed E-state index contributed by atoms with van der Waals surface area (Å²) in [4.78, 5) is 10.8. The zero-order chi connectivity index (χ0) is 16.9. The molecule has 1 aromatic carbocycles. The van der Waals surface area contributed by atoms with Crippen molar-refractivity contribution in [1.29, 1.82) is 0 Å². The van der Waals surface area contributed by atoms with Crippen LogP contribution in [0.1, 0.15) is 33.3 Å². The highest BCUT2D eigenvalue weighted by atomic mass is 35.5. The van der Waals surface area contributed by atoms with Gasteiger partial charge in [-0.15, -0.1) is 0 Å². The Bertz CT molecular complexity index is 527. The van der Waals surface area contributed by atoms with E-state index in [1.807, 2.05) is 6.07 Å². The summed E-state index contributed by atoms with van der Waals surface area (Å²) in [6.07, 6.45) is 0. The SMILES string of the molecule is COc1cc(CN[C@@H](C)C(C)(C)C)cc(Cl)c1OCC(N)=O. The number of rotatable bonds is 7. The van der Waals surface area contributed by atoms with E-state index >= 15 is 0 Å². The molecule has 0 spiro atoms. The molecule has 0 heterocycles. The zero-order valence-corrected chi connectivity index (χ0v) is 14.6. The summed E-state index contributed by atoms with van der Waals surface area (Å²) < 4.78 is 10.6. The van der Waals surface area contributed by atoms with Crippen molar-refractivity contribution in [2.75, 3.05) is 13.7 Å². The van der Waals surface area contributed by atoms with Crippen molar-refractivity contribution in [1.82, 2.24) is 5.32 Å². The van der Waals surface area contributed by atoms with Crippen LogP contribution < -0.4 is 20.5 Å². The molecule has 5 nitrogen and oxygen atoms in total. The number of hydrogen-bond acceptors (Lipinski definition) is 4. The topological polar surface area (TPSA) is 73.6 Å². The van der Waals surface area contributed by atoms with Crippen LogP contribution in [0, 0.1) is 5.41 Å². The maximum atomic E-state index is 10.8. The quantitative estimate of drug-likeness (QED) is 0.807. The number of methoxy groups -OCH3 is 1. The molecule has 0 saturated carbocycles. The van der Waals surface area contributed by atoms with Gasteiger partial charge in [0, 0.05) is 12.6 Å². The summed E-state index contributed by atoms with van der Waals surface area (Å²) in [5, 5.41) is 3.85. The fourth-order valence-corrected chi connectivity index (χ4v) is 2.02. The molecule has 0 unspecified atom stereocenters. The van der Waals surface area contributed by atoms with E-state index in [4.69, 9.17) is 26.8 Å². The molecule has 124 valence electrons. The number of primary amides is 1. The van der Waals surface area contributed by atoms with Crippen LogP contribution in [-0.4, -0.2) is 25.7 Å². The second kappa shape index (κ2) is 7.70. The highest BCUT2D eigenvalue weighted by Gasteiger charge is 2.20. The van der Waals surface area contributed by atoms with Gasteiger partial charge >= 0.3 is 0 Å². The number of nitrogens with one attached hydrogen (secondary N) is 1. The number of carbonyl (C=O) groups is 1. The molecule has 0 aliphatic heterocycles. The molecule has 0 fully saturated rings. The lowest BCUT2D eigenvalue weighted by atomic mass is 9.88. The van der Waals surface area contributed by atoms with Crippen molar-refractivity contribution in [2.24, 2.45) is 11.1 Å². The zero-order valence-electron chi connectivity index (χ0n) is 13.8. The molecule has 3 N–H and O–H groups in total. The fourth-order valence-electron chi connectivity index (χ4n) is 1.74. The molecule has 0 radical (unpaired) electrons. The summed E-state index contributed by atoms with van der Waals surface area (Å²) in [6, 6.07) is 3.97. The van der Waals surface area contributed by atoms with Gasteiger partial charge in [0.1, 0.15) is 0 Å². The maximum absolute atomic E-state index is 10.8. The van der Waals surface area contributed by atoms with Crippen LogP contribution in [0.2, 0.25) is 5.02 Å². The van der Waals surface area contributed by atoms with Crippen molar-refractivity contribution in [2.45, 2.75) is 40.3 Å². The van der Waals surface area contributed by atoms with Gasteiger partial charge in [0.25, 0.3) is 5.91 Å². The number of ether oxygens (including phenoxy) is 2. The maximum Gasteiger partial charge on any atom is 0.255 e. The standard InChI is InChI=1S/C16H25ClN2O3/c1-10(16(2,3)4)19-8-11-6-12(17)15(13(7-11)21-5)22-9-14(18)20/h6-7,10,19H,8-9H2,1-5H3,(H2,18,20)/t10-/m0/s1. The minimum absolute atomic E-state index is 0.165. The molecular weight excluding hydrogens is 304 g/mol.